The maximum Gasteiger partial charge on any atom is 0.349 e. The highest BCUT2D eigenvalue weighted by atomic mass is 32.1. The molecule has 0 aliphatic heterocycles. The predicted octanol–water partition coefficient (Wildman–Crippen LogP) is 3.00. The summed E-state index contributed by atoms with van der Waals surface area (Å²) in [6, 6.07) is 10.8. The lowest BCUT2D eigenvalue weighted by molar-refractivity contribution is -0.141. The molecule has 0 atom stereocenters. The Balaban J connectivity index is 1.65. The minimum Gasteiger partial charge on any atom is -0.459 e. The van der Waals surface area contributed by atoms with Crippen LogP contribution < -0.4 is 0 Å². The van der Waals surface area contributed by atoms with Crippen molar-refractivity contribution in [1.82, 2.24) is 4.98 Å². The zero-order valence-electron chi connectivity index (χ0n) is 16.2. The van der Waals surface area contributed by atoms with Crippen molar-refractivity contribution < 1.29 is 23.8 Å². The molecule has 8 nitrogen and oxygen atoms in total. The molecule has 2 rings (SSSR count). The second-order valence-corrected chi connectivity index (χ2v) is 7.12. The summed E-state index contributed by atoms with van der Waals surface area (Å²) in [7, 11) is 0. The molecular weight excluding hydrogens is 406 g/mol. The number of hydrogen-bond acceptors (Lipinski definition) is 8. The Morgan fingerprint density at radius 2 is 1.63 bits per heavy atom. The Morgan fingerprint density at radius 1 is 1.00 bits per heavy atom. The molecule has 9 heteroatoms. The molecule has 0 unspecified atom stereocenters. The lowest BCUT2D eigenvalue weighted by Crippen LogP contribution is -2.15. The number of H-pyrrole nitrogens is 1. The molecule has 0 saturated heterocycles. The lowest BCUT2D eigenvalue weighted by atomic mass is 10.2. The Hall–Kier alpha value is -3.66. The van der Waals surface area contributed by atoms with Crippen molar-refractivity contribution >= 4 is 35.4 Å². The molecule has 0 aromatic carbocycles. The van der Waals surface area contributed by atoms with Crippen molar-refractivity contribution in [3.8, 4) is 12.1 Å². The van der Waals surface area contributed by atoms with Crippen LogP contribution in [0.15, 0.2) is 41.6 Å². The van der Waals surface area contributed by atoms with Gasteiger partial charge in [-0.05, 0) is 43.3 Å². The molecule has 0 fully saturated rings. The average Bonchev–Trinajstić information content (AvgIpc) is 3.40. The molecule has 154 valence electrons. The van der Waals surface area contributed by atoms with Gasteiger partial charge >= 0.3 is 11.9 Å². The fourth-order valence-electron chi connectivity index (χ4n) is 2.18. The highest BCUT2D eigenvalue weighted by Crippen LogP contribution is 2.18. The Bertz CT molecular complexity index is 1010. The number of nitrogens with one attached hydrogen (secondary N) is 1. The summed E-state index contributed by atoms with van der Waals surface area (Å²) in [5.74, 6) is -1.48. The molecule has 1 N–H and O–H groups in total. The van der Waals surface area contributed by atoms with Gasteiger partial charge in [-0.1, -0.05) is 0 Å². The van der Waals surface area contributed by atoms with E-state index >= 15 is 0 Å². The van der Waals surface area contributed by atoms with Crippen LogP contribution in [0.3, 0.4) is 0 Å². The maximum absolute atomic E-state index is 11.9. The molecule has 0 aliphatic carbocycles. The Morgan fingerprint density at radius 3 is 2.13 bits per heavy atom. The largest absolute Gasteiger partial charge is 0.459 e. The van der Waals surface area contributed by atoms with Crippen molar-refractivity contribution in [3.63, 3.8) is 0 Å². The molecular formula is C21H19N3O5S. The minimum absolute atomic E-state index is 0.0502. The number of nitrogens with zero attached hydrogens (tertiary/aromatic N) is 2. The monoisotopic (exact) mass is 425 g/mol. The first-order chi connectivity index (χ1) is 14.5. The van der Waals surface area contributed by atoms with Gasteiger partial charge in [-0.15, -0.1) is 11.3 Å². The van der Waals surface area contributed by atoms with Crippen molar-refractivity contribution in [2.24, 2.45) is 0 Å². The number of carbonyl (C=O) groups is 2. The van der Waals surface area contributed by atoms with Crippen LogP contribution in [0.25, 0.3) is 12.2 Å². The summed E-state index contributed by atoms with van der Waals surface area (Å²) in [5.41, 5.74) is 0.383. The number of rotatable bonds is 10. The zero-order chi connectivity index (χ0) is 21.8. The summed E-state index contributed by atoms with van der Waals surface area (Å²) < 4.78 is 15.2. The summed E-state index contributed by atoms with van der Waals surface area (Å²) in [6.45, 7) is 1.97. The highest BCUT2D eigenvalue weighted by Gasteiger charge is 2.12. The standard InChI is InChI=1S/C21H19N3O5S/c1-15-4-5-19(30-15)12-17(14-23)21(26)29-10-8-27-7-9-28-20(25)16(13-22)11-18-3-2-6-24-18/h2-6,11-12,24H,7-10H2,1H3/b16-11+,17-12+. The van der Waals surface area contributed by atoms with E-state index in [4.69, 9.17) is 24.7 Å². The van der Waals surface area contributed by atoms with E-state index in [9.17, 15) is 9.59 Å². The van der Waals surface area contributed by atoms with Gasteiger partial charge in [-0.3, -0.25) is 0 Å². The van der Waals surface area contributed by atoms with Gasteiger partial charge in [0.2, 0.25) is 0 Å². The van der Waals surface area contributed by atoms with Crippen LogP contribution in [0.2, 0.25) is 0 Å². The van der Waals surface area contributed by atoms with Crippen molar-refractivity contribution in [2.45, 2.75) is 6.92 Å². The van der Waals surface area contributed by atoms with E-state index in [0.29, 0.717) is 5.69 Å². The first-order valence-electron chi connectivity index (χ1n) is 8.89. The third-order valence-corrected chi connectivity index (χ3v) is 4.52. The zero-order valence-corrected chi connectivity index (χ0v) is 17.0. The van der Waals surface area contributed by atoms with Crippen LogP contribution in [0.5, 0.6) is 0 Å². The van der Waals surface area contributed by atoms with E-state index in [-0.39, 0.29) is 37.6 Å². The number of nitriles is 2. The van der Waals surface area contributed by atoms with Crippen LogP contribution in [0, 0.1) is 29.6 Å². The van der Waals surface area contributed by atoms with E-state index in [2.05, 4.69) is 4.98 Å². The fourth-order valence-corrected chi connectivity index (χ4v) is 3.00. The molecule has 0 amide bonds. The van der Waals surface area contributed by atoms with E-state index < -0.39 is 11.9 Å². The first kappa shape index (κ1) is 22.6. The van der Waals surface area contributed by atoms with Gasteiger partial charge in [-0.25, -0.2) is 9.59 Å². The number of hydrogen-bond donors (Lipinski definition) is 1. The van der Waals surface area contributed by atoms with Crippen LogP contribution in [0.4, 0.5) is 0 Å². The minimum atomic E-state index is -0.755. The molecule has 2 aromatic heterocycles. The smallest absolute Gasteiger partial charge is 0.349 e. The Labute approximate surface area is 177 Å². The topological polar surface area (TPSA) is 125 Å². The normalized spacial score (nSPS) is 11.4. The SMILES string of the molecule is Cc1ccc(/C=C(\C#N)C(=O)OCCOCCOC(=O)/C(C#N)=C/c2ccc[nH]2)s1. The van der Waals surface area contributed by atoms with E-state index in [1.165, 1.54) is 23.5 Å². The number of aromatic amines is 1. The number of thiophene rings is 1. The second kappa shape index (κ2) is 12.0. The quantitative estimate of drug-likeness (QED) is 0.268. The van der Waals surface area contributed by atoms with E-state index in [0.717, 1.165) is 9.75 Å². The number of aryl methyl sites for hydroxylation is 1. The molecule has 0 saturated carbocycles. The summed E-state index contributed by atoms with van der Waals surface area (Å²) in [4.78, 5) is 28.5. The van der Waals surface area contributed by atoms with E-state index in [1.54, 1.807) is 24.4 Å². The summed E-state index contributed by atoms with van der Waals surface area (Å²) in [5, 5.41) is 18.2. The third kappa shape index (κ3) is 7.40. The second-order valence-electron chi connectivity index (χ2n) is 5.80. The van der Waals surface area contributed by atoms with Gasteiger partial charge in [0, 0.05) is 21.6 Å². The van der Waals surface area contributed by atoms with Gasteiger partial charge in [0.1, 0.15) is 36.5 Å². The number of carbonyl (C=O) groups excluding carboxylic acids is 2. The van der Waals surface area contributed by atoms with Gasteiger partial charge in [0.15, 0.2) is 0 Å². The van der Waals surface area contributed by atoms with Gasteiger partial charge in [-0.2, -0.15) is 10.5 Å². The molecule has 0 aliphatic rings. The van der Waals surface area contributed by atoms with Gasteiger partial charge in [0.25, 0.3) is 0 Å². The number of aromatic nitrogens is 1. The van der Waals surface area contributed by atoms with Crippen LogP contribution in [-0.4, -0.2) is 43.4 Å². The van der Waals surface area contributed by atoms with Crippen molar-refractivity contribution in [3.05, 3.63) is 57.1 Å². The van der Waals surface area contributed by atoms with Crippen molar-refractivity contribution in [1.29, 1.82) is 10.5 Å². The van der Waals surface area contributed by atoms with Gasteiger partial charge < -0.3 is 19.2 Å². The predicted molar refractivity (Wildman–Crippen MR) is 110 cm³/mol. The van der Waals surface area contributed by atoms with Crippen LogP contribution in [0.1, 0.15) is 15.4 Å². The van der Waals surface area contributed by atoms with Gasteiger partial charge in [0.05, 0.1) is 13.2 Å². The highest BCUT2D eigenvalue weighted by molar-refractivity contribution is 7.12. The first-order valence-corrected chi connectivity index (χ1v) is 9.70. The van der Waals surface area contributed by atoms with Crippen LogP contribution >= 0.6 is 11.3 Å². The fraction of sp³-hybridized carbons (Fsp3) is 0.238. The van der Waals surface area contributed by atoms with E-state index in [1.807, 2.05) is 25.1 Å². The summed E-state index contributed by atoms with van der Waals surface area (Å²) in [6.07, 6.45) is 4.54. The number of ether oxygens (including phenoxy) is 3. The average molecular weight is 425 g/mol. The molecule has 30 heavy (non-hydrogen) atoms. The molecule has 0 radical (unpaired) electrons. The number of esters is 2. The summed E-state index contributed by atoms with van der Waals surface area (Å²) >= 11 is 1.47. The molecule has 2 heterocycles. The van der Waals surface area contributed by atoms with Crippen molar-refractivity contribution in [2.75, 3.05) is 26.4 Å². The Kier molecular flexibility index (Phi) is 9.07. The maximum atomic E-state index is 11.9. The molecule has 0 bridgehead atoms. The lowest BCUT2D eigenvalue weighted by Gasteiger charge is -2.06. The third-order valence-electron chi connectivity index (χ3n) is 3.57. The van der Waals surface area contributed by atoms with Crippen LogP contribution in [-0.2, 0) is 23.8 Å². The molecule has 2 aromatic rings. The molecule has 0 spiro atoms.